The summed E-state index contributed by atoms with van der Waals surface area (Å²) in [5.41, 5.74) is 0.977. The summed E-state index contributed by atoms with van der Waals surface area (Å²) in [6.07, 6.45) is -4.34. The molecule has 1 atom stereocenters. The summed E-state index contributed by atoms with van der Waals surface area (Å²) in [5, 5.41) is 15.4. The van der Waals surface area contributed by atoms with Gasteiger partial charge in [-0.1, -0.05) is 0 Å². The third-order valence-electron chi connectivity index (χ3n) is 2.63. The average Bonchev–Trinajstić information content (AvgIpc) is 2.80. The van der Waals surface area contributed by atoms with E-state index in [1.165, 1.54) is 6.07 Å². The number of carbonyl (C=O) groups is 1. The molecular weight excluding hydrogens is 275 g/mol. The summed E-state index contributed by atoms with van der Waals surface area (Å²) in [6, 6.07) is 4.74. The fourth-order valence-electron chi connectivity index (χ4n) is 1.71. The largest absolute Gasteiger partial charge is 0.391 e. The number of amides is 1. The third-order valence-corrected chi connectivity index (χ3v) is 2.63. The SMILES string of the molecule is O=C(NCC(O)CC(F)(F)F)c1ccn2nccc2c1. The summed E-state index contributed by atoms with van der Waals surface area (Å²) < 4.78 is 37.6. The van der Waals surface area contributed by atoms with Crippen LogP contribution in [0.5, 0.6) is 0 Å². The van der Waals surface area contributed by atoms with Gasteiger partial charge in [0, 0.05) is 24.5 Å². The van der Waals surface area contributed by atoms with Crippen molar-refractivity contribution in [2.24, 2.45) is 0 Å². The first-order valence-corrected chi connectivity index (χ1v) is 5.81. The summed E-state index contributed by atoms with van der Waals surface area (Å²) in [5.74, 6) is -0.546. The Kier molecular flexibility index (Phi) is 3.93. The molecule has 2 rings (SSSR count). The van der Waals surface area contributed by atoms with Crippen LogP contribution in [0.4, 0.5) is 13.2 Å². The number of fused-ring (bicyclic) bond motifs is 1. The zero-order valence-electron chi connectivity index (χ0n) is 10.3. The zero-order valence-corrected chi connectivity index (χ0v) is 10.3. The second-order valence-electron chi connectivity index (χ2n) is 4.30. The third kappa shape index (κ3) is 3.70. The van der Waals surface area contributed by atoms with Gasteiger partial charge in [-0.05, 0) is 18.2 Å². The summed E-state index contributed by atoms with van der Waals surface area (Å²) in [6.45, 7) is -0.456. The Morgan fingerprint density at radius 3 is 2.90 bits per heavy atom. The highest BCUT2D eigenvalue weighted by atomic mass is 19.4. The first kappa shape index (κ1) is 14.3. The number of carbonyl (C=O) groups excluding carboxylic acids is 1. The number of pyridine rings is 1. The van der Waals surface area contributed by atoms with Crippen molar-refractivity contribution in [2.45, 2.75) is 18.7 Å². The number of halogens is 3. The van der Waals surface area contributed by atoms with E-state index in [-0.39, 0.29) is 5.56 Å². The molecule has 0 saturated carbocycles. The lowest BCUT2D eigenvalue weighted by Crippen LogP contribution is -2.34. The van der Waals surface area contributed by atoms with E-state index in [2.05, 4.69) is 10.4 Å². The van der Waals surface area contributed by atoms with Crippen molar-refractivity contribution >= 4 is 11.4 Å². The molecule has 1 unspecified atom stereocenters. The van der Waals surface area contributed by atoms with Crippen molar-refractivity contribution in [1.29, 1.82) is 0 Å². The Morgan fingerprint density at radius 1 is 1.45 bits per heavy atom. The second-order valence-corrected chi connectivity index (χ2v) is 4.30. The van der Waals surface area contributed by atoms with Crippen molar-refractivity contribution in [3.05, 3.63) is 36.2 Å². The van der Waals surface area contributed by atoms with E-state index in [4.69, 9.17) is 0 Å². The molecule has 8 heteroatoms. The van der Waals surface area contributed by atoms with Crippen molar-refractivity contribution in [1.82, 2.24) is 14.9 Å². The standard InChI is InChI=1S/C12H12F3N3O2/c13-12(14,15)6-10(19)7-16-11(20)8-2-4-18-9(5-8)1-3-17-18/h1-5,10,19H,6-7H2,(H,16,20). The molecule has 1 amide bonds. The maximum atomic E-state index is 12.0. The number of rotatable bonds is 4. The van der Waals surface area contributed by atoms with Crippen LogP contribution in [0.2, 0.25) is 0 Å². The van der Waals surface area contributed by atoms with E-state index in [1.807, 2.05) is 0 Å². The number of hydrogen-bond donors (Lipinski definition) is 2. The molecule has 2 N–H and O–H groups in total. The Bertz CT molecular complexity index is 609. The van der Waals surface area contributed by atoms with Gasteiger partial charge in [0.05, 0.1) is 18.0 Å². The quantitative estimate of drug-likeness (QED) is 0.892. The van der Waals surface area contributed by atoms with Gasteiger partial charge < -0.3 is 10.4 Å². The highest BCUT2D eigenvalue weighted by molar-refractivity contribution is 5.95. The van der Waals surface area contributed by atoms with E-state index in [0.29, 0.717) is 5.52 Å². The highest BCUT2D eigenvalue weighted by Crippen LogP contribution is 2.21. The Morgan fingerprint density at radius 2 is 2.20 bits per heavy atom. The van der Waals surface area contributed by atoms with Crippen LogP contribution in [-0.4, -0.2) is 39.5 Å². The van der Waals surface area contributed by atoms with Gasteiger partial charge >= 0.3 is 6.18 Å². The molecule has 0 fully saturated rings. The van der Waals surface area contributed by atoms with Gasteiger partial charge in [0.15, 0.2) is 0 Å². The Hall–Kier alpha value is -2.09. The van der Waals surface area contributed by atoms with E-state index in [0.717, 1.165) is 0 Å². The molecule has 0 saturated heterocycles. The van der Waals surface area contributed by atoms with Gasteiger partial charge in [-0.2, -0.15) is 18.3 Å². The Balaban J connectivity index is 1.94. The predicted octanol–water partition coefficient (Wildman–Crippen LogP) is 1.38. The van der Waals surface area contributed by atoms with Crippen LogP contribution in [0, 0.1) is 0 Å². The number of nitrogens with one attached hydrogen (secondary N) is 1. The van der Waals surface area contributed by atoms with Gasteiger partial charge in [0.25, 0.3) is 5.91 Å². The van der Waals surface area contributed by atoms with Crippen LogP contribution < -0.4 is 5.32 Å². The second kappa shape index (κ2) is 5.49. The molecule has 5 nitrogen and oxygen atoms in total. The van der Waals surface area contributed by atoms with Crippen molar-refractivity contribution < 1.29 is 23.1 Å². The number of aliphatic hydroxyl groups excluding tert-OH is 1. The number of alkyl halides is 3. The first-order chi connectivity index (χ1) is 9.35. The molecule has 2 aromatic rings. The van der Waals surface area contributed by atoms with Gasteiger partial charge in [-0.25, -0.2) is 4.52 Å². The molecule has 0 radical (unpaired) electrons. The van der Waals surface area contributed by atoms with Crippen molar-refractivity contribution in [3.63, 3.8) is 0 Å². The maximum Gasteiger partial charge on any atom is 0.391 e. The number of aliphatic hydroxyl groups is 1. The normalized spacial score (nSPS) is 13.4. The zero-order chi connectivity index (χ0) is 14.8. The molecule has 0 spiro atoms. The minimum atomic E-state index is -4.46. The lowest BCUT2D eigenvalue weighted by Gasteiger charge is -2.13. The average molecular weight is 287 g/mol. The number of aromatic nitrogens is 2. The minimum Gasteiger partial charge on any atom is -0.391 e. The predicted molar refractivity (Wildman–Crippen MR) is 64.2 cm³/mol. The molecule has 2 heterocycles. The van der Waals surface area contributed by atoms with Crippen molar-refractivity contribution in [3.8, 4) is 0 Å². The lowest BCUT2D eigenvalue weighted by atomic mass is 10.2. The van der Waals surface area contributed by atoms with Crippen molar-refractivity contribution in [2.75, 3.05) is 6.54 Å². The summed E-state index contributed by atoms with van der Waals surface area (Å²) in [4.78, 5) is 11.7. The van der Waals surface area contributed by atoms with Crippen LogP contribution in [-0.2, 0) is 0 Å². The summed E-state index contributed by atoms with van der Waals surface area (Å²) >= 11 is 0. The molecule has 0 aromatic carbocycles. The molecule has 0 bridgehead atoms. The van der Waals surface area contributed by atoms with Gasteiger partial charge in [-0.15, -0.1) is 0 Å². The molecular formula is C12H12F3N3O2. The minimum absolute atomic E-state index is 0.289. The fraction of sp³-hybridized carbons (Fsp3) is 0.333. The van der Waals surface area contributed by atoms with Gasteiger partial charge in [0.2, 0.25) is 0 Å². The molecule has 20 heavy (non-hydrogen) atoms. The van der Waals surface area contributed by atoms with E-state index in [1.54, 1.807) is 29.0 Å². The smallest absolute Gasteiger partial charge is 0.391 e. The van der Waals surface area contributed by atoms with Crippen LogP contribution >= 0.6 is 0 Å². The van der Waals surface area contributed by atoms with Gasteiger partial charge in [-0.3, -0.25) is 4.79 Å². The highest BCUT2D eigenvalue weighted by Gasteiger charge is 2.31. The monoisotopic (exact) mass is 287 g/mol. The van der Waals surface area contributed by atoms with E-state index in [9.17, 15) is 23.1 Å². The van der Waals surface area contributed by atoms with E-state index < -0.39 is 31.2 Å². The van der Waals surface area contributed by atoms with Crippen LogP contribution in [0.1, 0.15) is 16.8 Å². The summed E-state index contributed by atoms with van der Waals surface area (Å²) in [7, 11) is 0. The van der Waals surface area contributed by atoms with Crippen LogP contribution in [0.3, 0.4) is 0 Å². The van der Waals surface area contributed by atoms with Gasteiger partial charge in [0.1, 0.15) is 0 Å². The lowest BCUT2D eigenvalue weighted by molar-refractivity contribution is -0.152. The molecule has 0 aliphatic rings. The number of hydrogen-bond acceptors (Lipinski definition) is 3. The first-order valence-electron chi connectivity index (χ1n) is 5.81. The number of nitrogens with zero attached hydrogens (tertiary/aromatic N) is 2. The Labute approximate surface area is 112 Å². The van der Waals surface area contributed by atoms with Crippen LogP contribution in [0.25, 0.3) is 5.52 Å². The van der Waals surface area contributed by atoms with E-state index >= 15 is 0 Å². The molecule has 108 valence electrons. The molecule has 2 aromatic heterocycles. The molecule has 0 aliphatic heterocycles. The maximum absolute atomic E-state index is 12.0. The fourth-order valence-corrected chi connectivity index (χ4v) is 1.71. The molecule has 0 aliphatic carbocycles. The van der Waals surface area contributed by atoms with Crippen LogP contribution in [0.15, 0.2) is 30.6 Å². The topological polar surface area (TPSA) is 66.6 Å².